The van der Waals surface area contributed by atoms with E-state index in [9.17, 15) is 5.11 Å². The van der Waals surface area contributed by atoms with E-state index < -0.39 is 6.10 Å². The number of hydrogen-bond acceptors (Lipinski definition) is 2. The fraction of sp³-hybridized carbons (Fsp3) is 0.346. The van der Waals surface area contributed by atoms with Crippen LogP contribution in [0.25, 0.3) is 10.9 Å². The van der Waals surface area contributed by atoms with Gasteiger partial charge in [0, 0.05) is 35.9 Å². The van der Waals surface area contributed by atoms with Crippen LogP contribution in [0.2, 0.25) is 0 Å². The largest absolute Gasteiger partial charge is 0.382 e. The highest BCUT2D eigenvalue weighted by Crippen LogP contribution is 2.47. The van der Waals surface area contributed by atoms with Crippen LogP contribution in [0.15, 0.2) is 79.5 Å². The van der Waals surface area contributed by atoms with Gasteiger partial charge in [0.05, 0.1) is 18.6 Å². The Hall–Kier alpha value is -2.49. The molecule has 0 aliphatic carbocycles. The maximum Gasteiger partial charge on any atom is 0.131 e. The minimum Gasteiger partial charge on any atom is -0.382 e. The number of aliphatic hydroxyl groups excluding tert-OH is 1. The van der Waals surface area contributed by atoms with Crippen LogP contribution in [0.5, 0.6) is 0 Å². The summed E-state index contributed by atoms with van der Waals surface area (Å²) in [5.74, 6) is 1.18. The Morgan fingerprint density at radius 1 is 1.10 bits per heavy atom. The van der Waals surface area contributed by atoms with Crippen molar-refractivity contribution in [3.8, 4) is 0 Å². The normalized spacial score (nSPS) is 29.6. The Kier molecular flexibility index (Phi) is 4.73. The number of piperidine rings is 3. The van der Waals surface area contributed by atoms with E-state index >= 15 is 0 Å². The lowest BCUT2D eigenvalue weighted by Gasteiger charge is -2.58. The quantitative estimate of drug-likeness (QED) is 0.502. The van der Waals surface area contributed by atoms with Crippen molar-refractivity contribution in [2.75, 3.05) is 13.1 Å². The van der Waals surface area contributed by atoms with E-state index in [-0.39, 0.29) is 6.04 Å². The lowest BCUT2D eigenvalue weighted by molar-refractivity contribution is -0.984. The first-order valence-corrected chi connectivity index (χ1v) is 10.7. The summed E-state index contributed by atoms with van der Waals surface area (Å²) in [6.07, 6.45) is 5.79. The van der Waals surface area contributed by atoms with Crippen LogP contribution in [-0.2, 0) is 6.54 Å². The van der Waals surface area contributed by atoms with Gasteiger partial charge in [0.2, 0.25) is 0 Å². The molecule has 3 unspecified atom stereocenters. The molecule has 3 nitrogen and oxygen atoms in total. The van der Waals surface area contributed by atoms with Crippen LogP contribution in [0, 0.1) is 11.8 Å². The third-order valence-electron chi connectivity index (χ3n) is 7.38. The highest BCUT2D eigenvalue weighted by atomic mass is 16.3. The van der Waals surface area contributed by atoms with E-state index in [1.165, 1.54) is 12.0 Å². The molecular formula is C26H29N2O+. The Bertz CT molecular complexity index is 1010. The lowest BCUT2D eigenvalue weighted by atomic mass is 9.71. The molecule has 0 spiro atoms. The summed E-state index contributed by atoms with van der Waals surface area (Å²) in [5, 5.41) is 12.8. The second kappa shape index (κ2) is 7.40. The molecule has 3 heteroatoms. The minimum atomic E-state index is -0.486. The van der Waals surface area contributed by atoms with Gasteiger partial charge in [0.15, 0.2) is 0 Å². The molecule has 3 saturated heterocycles. The Morgan fingerprint density at radius 3 is 2.72 bits per heavy atom. The van der Waals surface area contributed by atoms with Gasteiger partial charge in [-0.3, -0.25) is 4.98 Å². The average Bonchev–Trinajstić information content (AvgIpc) is 2.78. The van der Waals surface area contributed by atoms with E-state index in [0.29, 0.717) is 11.8 Å². The lowest BCUT2D eigenvalue weighted by Crippen LogP contribution is -2.67. The maximum atomic E-state index is 11.7. The molecule has 148 valence electrons. The number of hydrogen-bond donors (Lipinski definition) is 1. The summed E-state index contributed by atoms with van der Waals surface area (Å²) >= 11 is 0. The van der Waals surface area contributed by atoms with Gasteiger partial charge in [0.1, 0.15) is 18.7 Å². The van der Waals surface area contributed by atoms with E-state index in [4.69, 9.17) is 0 Å². The number of pyridine rings is 1. The minimum absolute atomic E-state index is 0.205. The van der Waals surface area contributed by atoms with Crippen molar-refractivity contribution in [1.82, 2.24) is 4.98 Å². The number of benzene rings is 2. The van der Waals surface area contributed by atoms with Crippen LogP contribution < -0.4 is 0 Å². The van der Waals surface area contributed by atoms with Crippen molar-refractivity contribution in [2.24, 2.45) is 11.8 Å². The van der Waals surface area contributed by atoms with E-state index in [2.05, 4.69) is 54.0 Å². The number of fused-ring (bicyclic) bond motifs is 4. The predicted octanol–water partition coefficient (Wildman–Crippen LogP) is 4.88. The van der Waals surface area contributed by atoms with Crippen molar-refractivity contribution < 1.29 is 9.59 Å². The summed E-state index contributed by atoms with van der Waals surface area (Å²) in [4.78, 5) is 4.50. The van der Waals surface area contributed by atoms with Crippen LogP contribution >= 0.6 is 0 Å². The van der Waals surface area contributed by atoms with Crippen molar-refractivity contribution in [3.63, 3.8) is 0 Å². The van der Waals surface area contributed by atoms with Gasteiger partial charge in [-0.15, -0.1) is 6.58 Å². The van der Waals surface area contributed by atoms with Crippen molar-refractivity contribution in [1.29, 1.82) is 0 Å². The third-order valence-corrected chi connectivity index (χ3v) is 7.38. The van der Waals surface area contributed by atoms with Gasteiger partial charge >= 0.3 is 0 Å². The molecule has 0 amide bonds. The first-order chi connectivity index (χ1) is 14.2. The van der Waals surface area contributed by atoms with Gasteiger partial charge in [-0.05, 0) is 23.6 Å². The summed E-state index contributed by atoms with van der Waals surface area (Å²) in [6, 6.07) is 21.2. The number of nitrogens with zero attached hydrogens (tertiary/aromatic N) is 2. The number of aliphatic hydroxyl groups is 1. The zero-order valence-corrected chi connectivity index (χ0v) is 16.8. The number of rotatable bonds is 5. The van der Waals surface area contributed by atoms with Gasteiger partial charge in [-0.25, -0.2) is 0 Å². The van der Waals surface area contributed by atoms with Crippen molar-refractivity contribution in [2.45, 2.75) is 31.5 Å². The number of aromatic nitrogens is 1. The average molecular weight is 386 g/mol. The summed E-state index contributed by atoms with van der Waals surface area (Å²) in [6.45, 7) is 7.32. The van der Waals surface area contributed by atoms with Crippen LogP contribution in [0.3, 0.4) is 0 Å². The van der Waals surface area contributed by atoms with Crippen LogP contribution in [0.4, 0.5) is 0 Å². The smallest absolute Gasteiger partial charge is 0.131 e. The van der Waals surface area contributed by atoms with Gasteiger partial charge in [0.25, 0.3) is 0 Å². The van der Waals surface area contributed by atoms with Gasteiger partial charge in [-0.2, -0.15) is 0 Å². The standard InChI is InChI=1S/C26H29N2O/c1-2-20-18-28(17-19-8-4-3-5-9-19)15-13-21(20)16-25(28)26(29)23-12-14-27-24-11-7-6-10-22(23)24/h2-12,14,20-21,25-26,29H,1,13,15-18H2/q+1/t20-,21?,25?,26+,28?/m0/s1. The highest BCUT2D eigenvalue weighted by Gasteiger charge is 2.53. The molecule has 4 heterocycles. The molecule has 2 aromatic carbocycles. The molecule has 2 bridgehead atoms. The fourth-order valence-corrected chi connectivity index (χ4v) is 5.91. The second-order valence-corrected chi connectivity index (χ2v) is 8.88. The van der Waals surface area contributed by atoms with Gasteiger partial charge < -0.3 is 9.59 Å². The molecule has 0 saturated carbocycles. The maximum absolute atomic E-state index is 11.7. The van der Waals surface area contributed by atoms with Gasteiger partial charge in [-0.1, -0.05) is 54.6 Å². The third kappa shape index (κ3) is 3.19. The van der Waals surface area contributed by atoms with E-state index in [1.807, 2.05) is 30.5 Å². The molecule has 3 fully saturated rings. The summed E-state index contributed by atoms with van der Waals surface area (Å²) in [7, 11) is 0. The SMILES string of the molecule is C=C[C@H]1C[N+]2(Cc3ccccc3)CCC1CC2[C@H](O)c1ccnc2ccccc12. The second-order valence-electron chi connectivity index (χ2n) is 8.88. The monoisotopic (exact) mass is 385 g/mol. The Morgan fingerprint density at radius 2 is 1.90 bits per heavy atom. The van der Waals surface area contributed by atoms with E-state index in [1.54, 1.807) is 0 Å². The molecule has 6 rings (SSSR count). The molecule has 3 aromatic rings. The fourth-order valence-electron chi connectivity index (χ4n) is 5.91. The summed E-state index contributed by atoms with van der Waals surface area (Å²) < 4.78 is 0.953. The van der Waals surface area contributed by atoms with Crippen molar-refractivity contribution in [3.05, 3.63) is 90.6 Å². The first-order valence-electron chi connectivity index (χ1n) is 10.7. The topological polar surface area (TPSA) is 33.1 Å². The molecule has 1 aromatic heterocycles. The van der Waals surface area contributed by atoms with Crippen molar-refractivity contribution >= 4 is 10.9 Å². The Labute approximate surface area is 172 Å². The molecule has 29 heavy (non-hydrogen) atoms. The molecule has 0 radical (unpaired) electrons. The number of para-hydroxylation sites is 1. The zero-order chi connectivity index (χ0) is 19.8. The number of quaternary nitrogens is 1. The Balaban J connectivity index is 1.56. The highest BCUT2D eigenvalue weighted by molar-refractivity contribution is 5.82. The summed E-state index contributed by atoms with van der Waals surface area (Å²) in [5.41, 5.74) is 3.33. The molecular weight excluding hydrogens is 356 g/mol. The van der Waals surface area contributed by atoms with E-state index in [0.717, 1.165) is 47.0 Å². The molecule has 5 atom stereocenters. The van der Waals surface area contributed by atoms with Crippen LogP contribution in [-0.4, -0.2) is 33.7 Å². The zero-order valence-electron chi connectivity index (χ0n) is 16.8. The molecule has 3 aliphatic rings. The first kappa shape index (κ1) is 18.5. The molecule has 3 aliphatic heterocycles. The predicted molar refractivity (Wildman–Crippen MR) is 117 cm³/mol. The van der Waals surface area contributed by atoms with Crippen LogP contribution in [0.1, 0.15) is 30.1 Å². The molecule has 1 N–H and O–H groups in total.